The molecule has 5 heteroatoms. The molecule has 0 bridgehead atoms. The number of rotatable bonds is 5. The fourth-order valence-electron chi connectivity index (χ4n) is 1.77. The third-order valence-corrected chi connectivity index (χ3v) is 4.28. The molecular weight excluding hydrogens is 274 g/mol. The summed E-state index contributed by atoms with van der Waals surface area (Å²) in [6.45, 7) is 1.53. The van der Waals surface area contributed by atoms with Crippen LogP contribution in [0.25, 0.3) is 11.1 Å². The lowest BCUT2D eigenvalue weighted by atomic mass is 10.1. The molecule has 0 aliphatic carbocycles. The van der Waals surface area contributed by atoms with Gasteiger partial charge in [-0.2, -0.15) is 0 Å². The highest BCUT2D eigenvalue weighted by Crippen LogP contribution is 2.20. The SMILES string of the molecule is CC(O)CNS(=O)(=O)c1ccc(-c2ccccc2)cc1. The average Bonchev–Trinajstić information content (AvgIpc) is 2.46. The molecule has 0 aliphatic heterocycles. The Kier molecular flexibility index (Phi) is 4.54. The molecule has 1 atom stereocenters. The van der Waals surface area contributed by atoms with Gasteiger partial charge in [-0.05, 0) is 30.2 Å². The Balaban J connectivity index is 2.20. The Hall–Kier alpha value is -1.69. The van der Waals surface area contributed by atoms with Gasteiger partial charge < -0.3 is 5.11 Å². The second-order valence-corrected chi connectivity index (χ2v) is 6.36. The first kappa shape index (κ1) is 14.7. The largest absolute Gasteiger partial charge is 0.392 e. The molecule has 4 nitrogen and oxygen atoms in total. The molecule has 2 aromatic rings. The molecule has 2 N–H and O–H groups in total. The van der Waals surface area contributed by atoms with E-state index in [1.807, 2.05) is 30.3 Å². The van der Waals surface area contributed by atoms with Crippen molar-refractivity contribution in [1.29, 1.82) is 0 Å². The molecule has 2 rings (SSSR count). The molecule has 0 spiro atoms. The van der Waals surface area contributed by atoms with Gasteiger partial charge in [-0.25, -0.2) is 13.1 Å². The number of aliphatic hydroxyl groups is 1. The van der Waals surface area contributed by atoms with Crippen molar-refractivity contribution in [2.45, 2.75) is 17.9 Å². The Morgan fingerprint density at radius 3 is 2.10 bits per heavy atom. The maximum atomic E-state index is 12.0. The molecule has 106 valence electrons. The van der Waals surface area contributed by atoms with E-state index < -0.39 is 16.1 Å². The lowest BCUT2D eigenvalue weighted by Gasteiger charge is -2.09. The highest BCUT2D eigenvalue weighted by atomic mass is 32.2. The lowest BCUT2D eigenvalue weighted by molar-refractivity contribution is 0.198. The van der Waals surface area contributed by atoms with Gasteiger partial charge in [0.1, 0.15) is 0 Å². The van der Waals surface area contributed by atoms with Crippen LogP contribution in [0.2, 0.25) is 0 Å². The molecule has 0 amide bonds. The predicted molar refractivity (Wildman–Crippen MR) is 78.7 cm³/mol. The van der Waals surface area contributed by atoms with Crippen molar-refractivity contribution in [3.8, 4) is 11.1 Å². The quantitative estimate of drug-likeness (QED) is 0.885. The van der Waals surface area contributed by atoms with Gasteiger partial charge in [0, 0.05) is 6.54 Å². The average molecular weight is 291 g/mol. The summed E-state index contributed by atoms with van der Waals surface area (Å²) in [5.41, 5.74) is 1.99. The number of benzene rings is 2. The summed E-state index contributed by atoms with van der Waals surface area (Å²) < 4.78 is 26.3. The van der Waals surface area contributed by atoms with Crippen LogP contribution in [0, 0.1) is 0 Å². The van der Waals surface area contributed by atoms with Crippen molar-refractivity contribution < 1.29 is 13.5 Å². The van der Waals surface area contributed by atoms with Crippen molar-refractivity contribution in [3.05, 3.63) is 54.6 Å². The summed E-state index contributed by atoms with van der Waals surface area (Å²) in [6, 6.07) is 16.4. The van der Waals surface area contributed by atoms with Gasteiger partial charge in [-0.1, -0.05) is 42.5 Å². The van der Waals surface area contributed by atoms with E-state index in [1.165, 1.54) is 6.92 Å². The van der Waals surface area contributed by atoms with Crippen LogP contribution in [0.15, 0.2) is 59.5 Å². The second kappa shape index (κ2) is 6.17. The second-order valence-electron chi connectivity index (χ2n) is 4.59. The van der Waals surface area contributed by atoms with Gasteiger partial charge in [-0.3, -0.25) is 0 Å². The first-order chi connectivity index (χ1) is 9.49. The van der Waals surface area contributed by atoms with E-state index in [0.29, 0.717) is 0 Å². The minimum absolute atomic E-state index is 0.00275. The fraction of sp³-hybridized carbons (Fsp3) is 0.200. The highest BCUT2D eigenvalue weighted by molar-refractivity contribution is 7.89. The van der Waals surface area contributed by atoms with E-state index in [-0.39, 0.29) is 11.4 Å². The van der Waals surface area contributed by atoms with Crippen molar-refractivity contribution >= 4 is 10.0 Å². The normalized spacial score (nSPS) is 13.1. The van der Waals surface area contributed by atoms with E-state index in [1.54, 1.807) is 24.3 Å². The molecule has 0 saturated heterocycles. The van der Waals surface area contributed by atoms with Crippen LogP contribution < -0.4 is 4.72 Å². The van der Waals surface area contributed by atoms with Gasteiger partial charge in [0.2, 0.25) is 10.0 Å². The predicted octanol–water partition coefficient (Wildman–Crippen LogP) is 2.01. The van der Waals surface area contributed by atoms with Gasteiger partial charge in [0.05, 0.1) is 11.0 Å². The molecule has 20 heavy (non-hydrogen) atoms. The molecule has 0 heterocycles. The minimum atomic E-state index is -3.56. The van der Waals surface area contributed by atoms with E-state index in [0.717, 1.165) is 11.1 Å². The van der Waals surface area contributed by atoms with Crippen molar-refractivity contribution in [3.63, 3.8) is 0 Å². The van der Waals surface area contributed by atoms with Gasteiger partial charge in [0.25, 0.3) is 0 Å². The first-order valence-corrected chi connectivity index (χ1v) is 7.80. The highest BCUT2D eigenvalue weighted by Gasteiger charge is 2.14. The molecule has 0 radical (unpaired) electrons. The van der Waals surface area contributed by atoms with Crippen molar-refractivity contribution in [2.75, 3.05) is 6.54 Å². The monoisotopic (exact) mass is 291 g/mol. The molecule has 0 fully saturated rings. The standard InChI is InChI=1S/C15H17NO3S/c1-12(17)11-16-20(18,19)15-9-7-14(8-10-15)13-5-3-2-4-6-13/h2-10,12,16-17H,11H2,1H3. The molecular formula is C15H17NO3S. The van der Waals surface area contributed by atoms with Crippen LogP contribution in [0.4, 0.5) is 0 Å². The maximum Gasteiger partial charge on any atom is 0.240 e. The third-order valence-electron chi connectivity index (χ3n) is 2.84. The topological polar surface area (TPSA) is 66.4 Å². The van der Waals surface area contributed by atoms with Crippen LogP contribution in [0.1, 0.15) is 6.92 Å². The number of aliphatic hydroxyl groups excluding tert-OH is 1. The van der Waals surface area contributed by atoms with Gasteiger partial charge >= 0.3 is 0 Å². The number of sulfonamides is 1. The Morgan fingerprint density at radius 1 is 1.00 bits per heavy atom. The van der Waals surface area contributed by atoms with Crippen LogP contribution in [-0.2, 0) is 10.0 Å². The van der Waals surface area contributed by atoms with E-state index in [4.69, 9.17) is 5.11 Å². The first-order valence-electron chi connectivity index (χ1n) is 6.32. The van der Waals surface area contributed by atoms with E-state index in [9.17, 15) is 8.42 Å². The summed E-state index contributed by atoms with van der Waals surface area (Å²) in [5.74, 6) is 0. The summed E-state index contributed by atoms with van der Waals surface area (Å²) in [6.07, 6.45) is -0.714. The molecule has 0 aromatic heterocycles. The van der Waals surface area contributed by atoms with Crippen molar-refractivity contribution in [2.24, 2.45) is 0 Å². The summed E-state index contributed by atoms with van der Waals surface area (Å²) in [4.78, 5) is 0.192. The zero-order valence-corrected chi connectivity index (χ0v) is 12.0. The van der Waals surface area contributed by atoms with Crippen LogP contribution in [0.5, 0.6) is 0 Å². The Labute approximate surface area is 119 Å². The smallest absolute Gasteiger partial charge is 0.240 e. The summed E-state index contributed by atoms with van der Waals surface area (Å²) >= 11 is 0. The molecule has 2 aromatic carbocycles. The van der Waals surface area contributed by atoms with E-state index in [2.05, 4.69) is 4.72 Å². The Morgan fingerprint density at radius 2 is 1.55 bits per heavy atom. The molecule has 1 unspecified atom stereocenters. The number of hydrogen-bond donors (Lipinski definition) is 2. The minimum Gasteiger partial charge on any atom is -0.392 e. The summed E-state index contributed by atoms with van der Waals surface area (Å²) in [5, 5.41) is 9.13. The van der Waals surface area contributed by atoms with Crippen LogP contribution in [0.3, 0.4) is 0 Å². The maximum absolute atomic E-state index is 12.0. The van der Waals surface area contributed by atoms with E-state index >= 15 is 0 Å². The van der Waals surface area contributed by atoms with Crippen LogP contribution >= 0.6 is 0 Å². The van der Waals surface area contributed by atoms with Gasteiger partial charge in [-0.15, -0.1) is 0 Å². The van der Waals surface area contributed by atoms with Crippen molar-refractivity contribution in [1.82, 2.24) is 4.72 Å². The molecule has 0 aliphatic rings. The van der Waals surface area contributed by atoms with Crippen LogP contribution in [-0.4, -0.2) is 26.2 Å². The number of nitrogens with one attached hydrogen (secondary N) is 1. The fourth-order valence-corrected chi connectivity index (χ4v) is 2.89. The number of hydrogen-bond acceptors (Lipinski definition) is 3. The molecule has 0 saturated carbocycles. The zero-order valence-electron chi connectivity index (χ0n) is 11.2. The van der Waals surface area contributed by atoms with Gasteiger partial charge in [0.15, 0.2) is 0 Å². The Bertz CT molecular complexity index is 649. The third kappa shape index (κ3) is 3.66. The lowest BCUT2D eigenvalue weighted by Crippen LogP contribution is -2.30. The summed E-state index contributed by atoms with van der Waals surface area (Å²) in [7, 11) is -3.56. The zero-order chi connectivity index (χ0) is 14.6.